The van der Waals surface area contributed by atoms with E-state index in [4.69, 9.17) is 5.26 Å². The summed E-state index contributed by atoms with van der Waals surface area (Å²) in [5.74, 6) is 0. The second kappa shape index (κ2) is 4.27. The second-order valence-electron chi connectivity index (χ2n) is 2.84. The van der Waals surface area contributed by atoms with Gasteiger partial charge in [0.05, 0.1) is 17.6 Å². The fraction of sp³-hybridized carbons (Fsp3) is 0.200. The molecule has 0 saturated heterocycles. The Hall–Kier alpha value is -1.82. The lowest BCUT2D eigenvalue weighted by molar-refractivity contribution is 0.643. The van der Waals surface area contributed by atoms with Crippen molar-refractivity contribution in [3.63, 3.8) is 0 Å². The molecular formula is C10H11N3. The van der Waals surface area contributed by atoms with Gasteiger partial charge in [-0.25, -0.2) is 4.99 Å². The van der Waals surface area contributed by atoms with Crippen LogP contribution in [0.2, 0.25) is 0 Å². The zero-order chi connectivity index (χ0) is 9.68. The molecule has 0 aromatic heterocycles. The van der Waals surface area contributed by atoms with Crippen molar-refractivity contribution in [1.29, 1.82) is 5.26 Å². The largest absolute Gasteiger partial charge is 0.369 e. The maximum atomic E-state index is 8.75. The van der Waals surface area contributed by atoms with Crippen LogP contribution in [0.1, 0.15) is 5.56 Å². The Bertz CT molecular complexity index is 347. The van der Waals surface area contributed by atoms with Crippen molar-refractivity contribution < 1.29 is 0 Å². The minimum absolute atomic E-state index is 0.598. The van der Waals surface area contributed by atoms with Gasteiger partial charge in [0.15, 0.2) is 0 Å². The van der Waals surface area contributed by atoms with E-state index in [1.807, 2.05) is 37.2 Å². The van der Waals surface area contributed by atoms with Crippen LogP contribution >= 0.6 is 0 Å². The quantitative estimate of drug-likeness (QED) is 0.505. The maximum Gasteiger partial charge on any atom is 0.101 e. The molecule has 1 aromatic rings. The predicted molar refractivity (Wildman–Crippen MR) is 53.0 cm³/mol. The van der Waals surface area contributed by atoms with Crippen molar-refractivity contribution in [2.24, 2.45) is 4.99 Å². The molecule has 0 spiro atoms. The van der Waals surface area contributed by atoms with Gasteiger partial charge in [-0.15, -0.1) is 0 Å². The third-order valence-corrected chi connectivity index (χ3v) is 1.45. The van der Waals surface area contributed by atoms with Gasteiger partial charge in [0, 0.05) is 14.1 Å². The van der Waals surface area contributed by atoms with E-state index in [0.717, 1.165) is 0 Å². The molecule has 0 amide bonds. The van der Waals surface area contributed by atoms with Crippen LogP contribution in [0.4, 0.5) is 5.69 Å². The lowest BCUT2D eigenvalue weighted by atomic mass is 10.2. The van der Waals surface area contributed by atoms with E-state index < -0.39 is 0 Å². The molecule has 3 nitrogen and oxygen atoms in total. The predicted octanol–water partition coefficient (Wildman–Crippen LogP) is 1.78. The van der Waals surface area contributed by atoms with Crippen LogP contribution < -0.4 is 0 Å². The summed E-state index contributed by atoms with van der Waals surface area (Å²) in [4.78, 5) is 5.98. The molecule has 0 radical (unpaired) electrons. The summed E-state index contributed by atoms with van der Waals surface area (Å²) in [6, 6.07) is 9.35. The zero-order valence-electron chi connectivity index (χ0n) is 7.73. The first-order valence-corrected chi connectivity index (χ1v) is 3.94. The van der Waals surface area contributed by atoms with Crippen LogP contribution in [-0.2, 0) is 0 Å². The number of hydrogen-bond donors (Lipinski definition) is 0. The Morgan fingerprint density at radius 1 is 1.38 bits per heavy atom. The smallest absolute Gasteiger partial charge is 0.101 e. The Labute approximate surface area is 77.9 Å². The number of aliphatic imine (C=N–C) groups is 1. The molecule has 0 fully saturated rings. The molecule has 0 aliphatic heterocycles. The first-order valence-electron chi connectivity index (χ1n) is 3.94. The first kappa shape index (κ1) is 9.27. The minimum Gasteiger partial charge on any atom is -0.369 e. The molecule has 0 unspecified atom stereocenters. The number of nitriles is 1. The number of nitrogens with zero attached hydrogens (tertiary/aromatic N) is 3. The summed E-state index contributed by atoms with van der Waals surface area (Å²) < 4.78 is 0. The van der Waals surface area contributed by atoms with E-state index in [1.54, 1.807) is 12.4 Å². The van der Waals surface area contributed by atoms with E-state index in [2.05, 4.69) is 11.1 Å². The Balaban J connectivity index is 2.95. The van der Waals surface area contributed by atoms with E-state index in [0.29, 0.717) is 11.3 Å². The van der Waals surface area contributed by atoms with Gasteiger partial charge in [0.25, 0.3) is 0 Å². The number of rotatable bonds is 2. The zero-order valence-corrected chi connectivity index (χ0v) is 7.73. The average molecular weight is 173 g/mol. The summed E-state index contributed by atoms with van der Waals surface area (Å²) in [7, 11) is 3.77. The highest BCUT2D eigenvalue weighted by Gasteiger charge is 1.96. The molecule has 13 heavy (non-hydrogen) atoms. The van der Waals surface area contributed by atoms with E-state index in [-0.39, 0.29) is 0 Å². The molecule has 66 valence electrons. The molecule has 0 aliphatic rings. The van der Waals surface area contributed by atoms with Crippen LogP contribution in [0.5, 0.6) is 0 Å². The molecule has 0 aliphatic carbocycles. The highest BCUT2D eigenvalue weighted by atomic mass is 15.1. The van der Waals surface area contributed by atoms with Gasteiger partial charge in [-0.2, -0.15) is 5.26 Å². The molecule has 0 N–H and O–H groups in total. The summed E-state index contributed by atoms with van der Waals surface area (Å²) in [6.07, 6.45) is 1.68. The molecule has 1 rings (SSSR count). The van der Waals surface area contributed by atoms with Crippen molar-refractivity contribution in [3.8, 4) is 6.07 Å². The summed E-state index contributed by atoms with van der Waals surface area (Å²) >= 11 is 0. The van der Waals surface area contributed by atoms with E-state index in [9.17, 15) is 0 Å². The second-order valence-corrected chi connectivity index (χ2v) is 2.84. The molecule has 3 heteroatoms. The van der Waals surface area contributed by atoms with Gasteiger partial charge in [0.1, 0.15) is 6.07 Å². The SMILES string of the molecule is CN(C)C=Nc1ccccc1C#N. The highest BCUT2D eigenvalue weighted by molar-refractivity contribution is 5.64. The van der Waals surface area contributed by atoms with Crippen LogP contribution in [0.25, 0.3) is 0 Å². The number of para-hydroxylation sites is 1. The molecule has 0 heterocycles. The van der Waals surface area contributed by atoms with Crippen LogP contribution in [0, 0.1) is 11.3 Å². The summed E-state index contributed by atoms with van der Waals surface area (Å²) in [5, 5.41) is 8.75. The third kappa shape index (κ3) is 2.60. The van der Waals surface area contributed by atoms with Crippen LogP contribution in [0.15, 0.2) is 29.3 Å². The molecule has 1 aromatic carbocycles. The van der Waals surface area contributed by atoms with Gasteiger partial charge < -0.3 is 4.90 Å². The molecule has 0 saturated carbocycles. The molecule has 0 atom stereocenters. The number of benzene rings is 1. The van der Waals surface area contributed by atoms with Gasteiger partial charge in [-0.1, -0.05) is 12.1 Å². The fourth-order valence-electron chi connectivity index (χ4n) is 0.858. The van der Waals surface area contributed by atoms with E-state index >= 15 is 0 Å². The van der Waals surface area contributed by atoms with Crippen molar-refractivity contribution in [2.75, 3.05) is 14.1 Å². The highest BCUT2D eigenvalue weighted by Crippen LogP contribution is 2.16. The van der Waals surface area contributed by atoms with Gasteiger partial charge in [-0.05, 0) is 12.1 Å². The molecule has 0 bridgehead atoms. The molecular weight excluding hydrogens is 162 g/mol. The maximum absolute atomic E-state index is 8.75. The lowest BCUT2D eigenvalue weighted by Gasteiger charge is -2.02. The topological polar surface area (TPSA) is 39.4 Å². The summed E-state index contributed by atoms with van der Waals surface area (Å²) in [5.41, 5.74) is 1.30. The average Bonchev–Trinajstić information content (AvgIpc) is 2.15. The fourth-order valence-corrected chi connectivity index (χ4v) is 0.858. The minimum atomic E-state index is 0.598. The first-order chi connectivity index (χ1) is 6.24. The third-order valence-electron chi connectivity index (χ3n) is 1.45. The van der Waals surface area contributed by atoms with Crippen molar-refractivity contribution in [1.82, 2.24) is 4.90 Å². The lowest BCUT2D eigenvalue weighted by Crippen LogP contribution is -2.07. The monoisotopic (exact) mass is 173 g/mol. The number of hydrogen-bond acceptors (Lipinski definition) is 2. The summed E-state index contributed by atoms with van der Waals surface area (Å²) in [6.45, 7) is 0. The standard InChI is InChI=1S/C10H11N3/c1-13(2)8-12-10-6-4-3-5-9(10)7-11/h3-6,8H,1-2H3. The van der Waals surface area contributed by atoms with Crippen LogP contribution in [-0.4, -0.2) is 25.3 Å². The van der Waals surface area contributed by atoms with Gasteiger partial charge >= 0.3 is 0 Å². The van der Waals surface area contributed by atoms with Crippen molar-refractivity contribution >= 4 is 12.0 Å². The van der Waals surface area contributed by atoms with Gasteiger partial charge in [0.2, 0.25) is 0 Å². The normalized spacial score (nSPS) is 9.92. The van der Waals surface area contributed by atoms with Gasteiger partial charge in [-0.3, -0.25) is 0 Å². The van der Waals surface area contributed by atoms with Crippen molar-refractivity contribution in [2.45, 2.75) is 0 Å². The Kier molecular flexibility index (Phi) is 3.04. The van der Waals surface area contributed by atoms with E-state index in [1.165, 1.54) is 0 Å². The Morgan fingerprint density at radius 2 is 2.08 bits per heavy atom. The Morgan fingerprint density at radius 3 is 2.69 bits per heavy atom. The van der Waals surface area contributed by atoms with Crippen molar-refractivity contribution in [3.05, 3.63) is 29.8 Å². The van der Waals surface area contributed by atoms with Crippen LogP contribution in [0.3, 0.4) is 0 Å².